The number of carboxylic acids is 1. The SMILES string of the molecule is O=C(O)[C@H](C[SeH])NC(=S)I. The minimum atomic E-state index is -0.875. The topological polar surface area (TPSA) is 49.3 Å². The van der Waals surface area contributed by atoms with E-state index in [4.69, 9.17) is 5.11 Å². The Hall–Kier alpha value is 0.609. The normalized spacial score (nSPS) is 12.2. The second kappa shape index (κ2) is 5.28. The Morgan fingerprint density at radius 2 is 2.40 bits per heavy atom. The van der Waals surface area contributed by atoms with Crippen molar-refractivity contribution >= 4 is 59.8 Å². The van der Waals surface area contributed by atoms with Crippen LogP contribution in [0.3, 0.4) is 0 Å². The predicted octanol–water partition coefficient (Wildman–Crippen LogP) is 0.0682. The van der Waals surface area contributed by atoms with Crippen LogP contribution in [0.5, 0.6) is 0 Å². The molecule has 0 aliphatic carbocycles. The van der Waals surface area contributed by atoms with Gasteiger partial charge in [-0.2, -0.15) is 0 Å². The van der Waals surface area contributed by atoms with Gasteiger partial charge in [-0.15, -0.1) is 0 Å². The van der Waals surface area contributed by atoms with E-state index in [1.165, 1.54) is 0 Å². The van der Waals surface area contributed by atoms with Gasteiger partial charge in [0.1, 0.15) is 0 Å². The van der Waals surface area contributed by atoms with Crippen molar-refractivity contribution in [1.82, 2.24) is 5.32 Å². The zero-order chi connectivity index (χ0) is 8.15. The van der Waals surface area contributed by atoms with Gasteiger partial charge in [0.05, 0.1) is 0 Å². The first-order valence-corrected chi connectivity index (χ1v) is 5.19. The van der Waals surface area contributed by atoms with E-state index in [2.05, 4.69) is 33.5 Å². The summed E-state index contributed by atoms with van der Waals surface area (Å²) >= 11 is 8.73. The molecule has 0 heterocycles. The molecule has 0 aliphatic rings. The molecule has 0 radical (unpaired) electrons. The van der Waals surface area contributed by atoms with Gasteiger partial charge in [0.25, 0.3) is 0 Å². The molecule has 0 spiro atoms. The average Bonchev–Trinajstić information content (AvgIpc) is 1.81. The van der Waals surface area contributed by atoms with E-state index in [1.807, 2.05) is 22.6 Å². The Balaban J connectivity index is 3.83. The number of thiocarbonyl (C=S) groups is 1. The molecule has 58 valence electrons. The van der Waals surface area contributed by atoms with Gasteiger partial charge in [-0.25, -0.2) is 0 Å². The van der Waals surface area contributed by atoms with Crippen LogP contribution in [0.1, 0.15) is 0 Å². The standard InChI is InChI=1S/C4H6INO2SSe/c5-4(9)6-2(1-10)3(7)8/h2,10H,1H2,(H,6,9)(H,7,8)/t2-/m0/s1. The molecule has 0 aromatic carbocycles. The van der Waals surface area contributed by atoms with Crippen LogP contribution in [0, 0.1) is 0 Å². The minimum absolute atomic E-state index is 0.478. The molecular weight excluding hydrogens is 332 g/mol. The number of carboxylic acid groups (broad SMARTS) is 1. The zero-order valence-electron chi connectivity index (χ0n) is 4.87. The fourth-order valence-electron chi connectivity index (χ4n) is 0.322. The molecule has 0 bridgehead atoms. The maximum absolute atomic E-state index is 10.3. The monoisotopic (exact) mass is 339 g/mol. The van der Waals surface area contributed by atoms with Gasteiger partial charge in [-0.05, 0) is 0 Å². The number of rotatable bonds is 3. The second-order valence-corrected chi connectivity index (χ2v) is 4.48. The summed E-state index contributed by atoms with van der Waals surface area (Å²) in [5.41, 5.74) is 0. The number of hydrogen-bond acceptors (Lipinski definition) is 2. The van der Waals surface area contributed by atoms with E-state index < -0.39 is 12.0 Å². The van der Waals surface area contributed by atoms with Gasteiger partial charge in [-0.1, -0.05) is 0 Å². The molecule has 6 heteroatoms. The Labute approximate surface area is 85.9 Å². The zero-order valence-corrected chi connectivity index (χ0v) is 9.72. The van der Waals surface area contributed by atoms with Crippen LogP contribution in [0.2, 0.25) is 5.32 Å². The number of carbonyl (C=O) groups is 1. The number of aliphatic carboxylic acids is 1. The molecule has 0 amide bonds. The van der Waals surface area contributed by atoms with Gasteiger partial charge in [-0.3, -0.25) is 0 Å². The third kappa shape index (κ3) is 4.43. The maximum atomic E-state index is 10.3. The summed E-state index contributed by atoms with van der Waals surface area (Å²) in [4.78, 5) is 10.3. The molecule has 1 atom stereocenters. The van der Waals surface area contributed by atoms with Crippen molar-refractivity contribution in [2.45, 2.75) is 11.4 Å². The first-order chi connectivity index (χ1) is 4.57. The first-order valence-electron chi connectivity index (χ1n) is 2.37. The van der Waals surface area contributed by atoms with Gasteiger partial charge in [0, 0.05) is 0 Å². The van der Waals surface area contributed by atoms with Crippen molar-refractivity contribution in [3.63, 3.8) is 0 Å². The van der Waals surface area contributed by atoms with Crippen LogP contribution < -0.4 is 5.32 Å². The average molecular weight is 338 g/mol. The van der Waals surface area contributed by atoms with Crippen molar-refractivity contribution in [3.8, 4) is 0 Å². The summed E-state index contributed by atoms with van der Waals surface area (Å²) in [5, 5.41) is 11.6. The predicted molar refractivity (Wildman–Crippen MR) is 53.1 cm³/mol. The van der Waals surface area contributed by atoms with Crippen LogP contribution >= 0.6 is 34.8 Å². The quantitative estimate of drug-likeness (QED) is 0.251. The van der Waals surface area contributed by atoms with Gasteiger partial charge in [0.2, 0.25) is 0 Å². The molecule has 3 nitrogen and oxygen atoms in total. The Kier molecular flexibility index (Phi) is 5.61. The van der Waals surface area contributed by atoms with Crippen molar-refractivity contribution in [1.29, 1.82) is 0 Å². The van der Waals surface area contributed by atoms with Gasteiger partial charge < -0.3 is 0 Å². The summed E-state index contributed by atoms with van der Waals surface area (Å²) in [6, 6.07) is -0.565. The number of nitrogens with one attached hydrogen (secondary N) is 1. The third-order valence-electron chi connectivity index (χ3n) is 0.768. The summed E-state index contributed by atoms with van der Waals surface area (Å²) in [6.07, 6.45) is 0. The Bertz CT molecular complexity index is 154. The molecule has 10 heavy (non-hydrogen) atoms. The molecule has 0 unspecified atom stereocenters. The Morgan fingerprint density at radius 1 is 1.90 bits per heavy atom. The van der Waals surface area contributed by atoms with Crippen LogP contribution in [0.4, 0.5) is 0 Å². The second-order valence-electron chi connectivity index (χ2n) is 1.49. The summed E-state index contributed by atoms with van der Waals surface area (Å²) in [6.45, 7) is 0. The van der Waals surface area contributed by atoms with E-state index in [-0.39, 0.29) is 0 Å². The summed E-state index contributed by atoms with van der Waals surface area (Å²) in [5.74, 6) is -0.875. The van der Waals surface area contributed by atoms with E-state index in [1.54, 1.807) is 0 Å². The molecular formula is C4H6INO2SSe. The van der Waals surface area contributed by atoms with E-state index in [0.717, 1.165) is 0 Å². The van der Waals surface area contributed by atoms with Crippen molar-refractivity contribution in [3.05, 3.63) is 0 Å². The van der Waals surface area contributed by atoms with E-state index >= 15 is 0 Å². The fourth-order valence-corrected chi connectivity index (χ4v) is 1.36. The molecule has 0 aliphatic heterocycles. The van der Waals surface area contributed by atoms with Crippen LogP contribution in [-0.2, 0) is 4.79 Å². The number of hydrogen-bond donors (Lipinski definition) is 2. The molecule has 0 rings (SSSR count). The van der Waals surface area contributed by atoms with Gasteiger partial charge >= 0.3 is 86.4 Å². The van der Waals surface area contributed by atoms with E-state index in [9.17, 15) is 4.79 Å². The molecule has 0 saturated carbocycles. The fraction of sp³-hybridized carbons (Fsp3) is 0.500. The van der Waals surface area contributed by atoms with Crippen molar-refractivity contribution in [2.24, 2.45) is 0 Å². The molecule has 0 saturated heterocycles. The van der Waals surface area contributed by atoms with E-state index in [0.29, 0.717) is 8.31 Å². The molecule has 0 fully saturated rings. The summed E-state index contributed by atoms with van der Waals surface area (Å²) < 4.78 is 0.482. The summed E-state index contributed by atoms with van der Waals surface area (Å²) in [7, 11) is 0. The Morgan fingerprint density at radius 3 is 2.50 bits per heavy atom. The van der Waals surface area contributed by atoms with Gasteiger partial charge in [0.15, 0.2) is 0 Å². The molecule has 2 N–H and O–H groups in total. The third-order valence-corrected chi connectivity index (χ3v) is 1.96. The van der Waals surface area contributed by atoms with Crippen LogP contribution in [0.25, 0.3) is 0 Å². The van der Waals surface area contributed by atoms with Crippen LogP contribution in [-0.4, -0.2) is 36.1 Å². The first kappa shape index (κ1) is 10.6. The molecule has 0 aromatic rings. The van der Waals surface area contributed by atoms with Crippen molar-refractivity contribution in [2.75, 3.05) is 0 Å². The van der Waals surface area contributed by atoms with Crippen LogP contribution in [0.15, 0.2) is 0 Å². The molecule has 0 aromatic heterocycles. The van der Waals surface area contributed by atoms with Crippen molar-refractivity contribution < 1.29 is 9.90 Å². The number of halogens is 1.